The number of Topliss-reactive ketones (excluding diaryl/α,β-unsaturated/α-hetero) is 1. The Hall–Kier alpha value is -3.34. The number of aliphatic carboxylic acids is 1. The van der Waals surface area contributed by atoms with Crippen LogP contribution in [0.1, 0.15) is 41.7 Å². The summed E-state index contributed by atoms with van der Waals surface area (Å²) in [6.07, 6.45) is 3.83. The van der Waals surface area contributed by atoms with E-state index in [1.807, 2.05) is 30.3 Å². The summed E-state index contributed by atoms with van der Waals surface area (Å²) in [6, 6.07) is 7.35. The molecular weight excluding hydrogens is 463 g/mol. The molecule has 0 radical (unpaired) electrons. The largest absolute Gasteiger partial charge is 0.481 e. The van der Waals surface area contributed by atoms with Crippen LogP contribution in [-0.2, 0) is 20.1 Å². The van der Waals surface area contributed by atoms with Crippen LogP contribution in [0.5, 0.6) is 0 Å². The number of ketones is 1. The molecule has 1 fully saturated rings. The number of carboxylic acid groups (broad SMARTS) is 1. The van der Waals surface area contributed by atoms with Gasteiger partial charge in [0, 0.05) is 12.3 Å². The van der Waals surface area contributed by atoms with E-state index < -0.39 is 48.7 Å². The molecule has 0 aliphatic carbocycles. The number of thioether (sulfide) groups is 1. The number of halogens is 1. The third-order valence-electron chi connectivity index (χ3n) is 5.34. The molecule has 1 saturated heterocycles. The van der Waals surface area contributed by atoms with Crippen molar-refractivity contribution in [2.24, 2.45) is 0 Å². The molecule has 0 bridgehead atoms. The molecule has 1 aromatic carbocycles. The van der Waals surface area contributed by atoms with E-state index in [0.29, 0.717) is 36.6 Å². The van der Waals surface area contributed by atoms with Crippen LogP contribution in [0, 0.1) is 0 Å². The fourth-order valence-electron chi connectivity index (χ4n) is 3.63. The number of aromatic nitrogens is 2. The topological polar surface area (TPSA) is 130 Å². The number of nitrogens with one attached hydrogen (secondary N) is 1. The number of carbonyl (C=O) groups excluding carboxylic acids is 3. The molecule has 9 nitrogen and oxygen atoms in total. The molecule has 2 atom stereocenters. The molecule has 0 saturated carbocycles. The predicted octanol–water partition coefficient (Wildman–Crippen LogP) is 2.26. The van der Waals surface area contributed by atoms with E-state index in [2.05, 4.69) is 15.3 Å². The van der Waals surface area contributed by atoms with E-state index >= 15 is 0 Å². The highest BCUT2D eigenvalue weighted by atomic mass is 32.2. The second-order valence-electron chi connectivity index (χ2n) is 7.79. The number of rotatable bonds is 10. The average Bonchev–Trinajstić information content (AvgIpc) is 2.86. The Morgan fingerprint density at radius 2 is 1.94 bits per heavy atom. The Labute approximate surface area is 200 Å². The summed E-state index contributed by atoms with van der Waals surface area (Å²) in [6.45, 7) is -1.10. The van der Waals surface area contributed by atoms with E-state index in [1.54, 1.807) is 6.20 Å². The number of hydrogen-bond acceptors (Lipinski definition) is 7. The Balaban J connectivity index is 1.71. The van der Waals surface area contributed by atoms with Crippen LogP contribution >= 0.6 is 11.8 Å². The number of carboxylic acids is 1. The lowest BCUT2D eigenvalue weighted by Gasteiger charge is -2.35. The van der Waals surface area contributed by atoms with Crippen molar-refractivity contribution in [3.05, 3.63) is 54.0 Å². The molecule has 2 N–H and O–H groups in total. The summed E-state index contributed by atoms with van der Waals surface area (Å²) in [4.78, 5) is 58.7. The maximum absolute atomic E-state index is 13.2. The fourth-order valence-corrected chi connectivity index (χ4v) is 4.43. The van der Waals surface area contributed by atoms with Crippen LogP contribution in [0.2, 0.25) is 0 Å². The van der Waals surface area contributed by atoms with Gasteiger partial charge in [-0.25, -0.2) is 9.37 Å². The fraction of sp³-hybridized carbons (Fsp3) is 0.391. The summed E-state index contributed by atoms with van der Waals surface area (Å²) >= 11 is 1.43. The van der Waals surface area contributed by atoms with Crippen molar-refractivity contribution < 1.29 is 28.7 Å². The molecule has 2 aromatic rings. The van der Waals surface area contributed by atoms with E-state index in [4.69, 9.17) is 5.11 Å². The minimum Gasteiger partial charge on any atom is -0.481 e. The maximum Gasteiger partial charge on any atom is 0.305 e. The molecule has 1 unspecified atom stereocenters. The van der Waals surface area contributed by atoms with Gasteiger partial charge in [0.05, 0.1) is 18.8 Å². The Kier molecular flexibility index (Phi) is 9.08. The highest BCUT2D eigenvalue weighted by Gasteiger charge is 2.35. The first-order valence-corrected chi connectivity index (χ1v) is 11.8. The van der Waals surface area contributed by atoms with Gasteiger partial charge >= 0.3 is 5.97 Å². The van der Waals surface area contributed by atoms with Crippen LogP contribution in [-0.4, -0.2) is 68.8 Å². The second kappa shape index (κ2) is 12.2. The zero-order valence-electron chi connectivity index (χ0n) is 18.4. The molecule has 1 aromatic heterocycles. The summed E-state index contributed by atoms with van der Waals surface area (Å²) in [5.74, 6) is -2.90. The molecular formula is C23H25FN4O5S. The lowest BCUT2D eigenvalue weighted by atomic mass is 9.99. The van der Waals surface area contributed by atoms with Gasteiger partial charge in [0.1, 0.15) is 29.5 Å². The minimum atomic E-state index is -1.49. The van der Waals surface area contributed by atoms with Gasteiger partial charge in [-0.2, -0.15) is 0 Å². The molecule has 2 amide bonds. The van der Waals surface area contributed by atoms with Crippen molar-refractivity contribution in [3.8, 4) is 0 Å². The van der Waals surface area contributed by atoms with Crippen molar-refractivity contribution in [1.29, 1.82) is 0 Å². The number of hydrogen-bond donors (Lipinski definition) is 2. The van der Waals surface area contributed by atoms with E-state index in [1.165, 1.54) is 22.9 Å². The Bertz CT molecular complexity index is 1040. The number of alkyl halides is 1. The first-order valence-electron chi connectivity index (χ1n) is 10.8. The molecule has 1 aliphatic heterocycles. The monoisotopic (exact) mass is 488 g/mol. The summed E-state index contributed by atoms with van der Waals surface area (Å²) < 4.78 is 12.8. The van der Waals surface area contributed by atoms with Crippen molar-refractivity contribution in [1.82, 2.24) is 20.2 Å². The van der Waals surface area contributed by atoms with Crippen molar-refractivity contribution in [2.45, 2.75) is 48.5 Å². The normalized spacial score (nSPS) is 16.5. The van der Waals surface area contributed by atoms with E-state index in [-0.39, 0.29) is 5.69 Å². The van der Waals surface area contributed by atoms with Gasteiger partial charge in [-0.15, -0.1) is 11.8 Å². The number of likely N-dealkylation sites (tertiary alicyclic amines) is 1. The third-order valence-corrected chi connectivity index (χ3v) is 6.31. The molecule has 180 valence electrons. The van der Waals surface area contributed by atoms with Crippen molar-refractivity contribution in [3.63, 3.8) is 0 Å². The number of amides is 2. The van der Waals surface area contributed by atoms with Gasteiger partial charge in [-0.3, -0.25) is 24.2 Å². The SMILES string of the molecule is O=C(O)CC(NC(=O)[C@@H]1CCCCN1C(=O)c1cncc(SCc2ccccc2)n1)C(=O)CF. The first kappa shape index (κ1) is 25.3. The average molecular weight is 489 g/mol. The number of piperidine rings is 1. The van der Waals surface area contributed by atoms with Gasteiger partial charge in [0.25, 0.3) is 5.91 Å². The van der Waals surface area contributed by atoms with Gasteiger partial charge < -0.3 is 15.3 Å². The third kappa shape index (κ3) is 6.83. The number of benzene rings is 1. The molecule has 3 rings (SSSR count). The minimum absolute atomic E-state index is 0.0830. The number of nitrogens with zero attached hydrogens (tertiary/aromatic N) is 3. The van der Waals surface area contributed by atoms with Gasteiger partial charge in [0.2, 0.25) is 5.91 Å². The van der Waals surface area contributed by atoms with Crippen LogP contribution < -0.4 is 5.32 Å². The van der Waals surface area contributed by atoms with Gasteiger partial charge in [0.15, 0.2) is 5.78 Å². The molecule has 34 heavy (non-hydrogen) atoms. The van der Waals surface area contributed by atoms with Crippen LogP contribution in [0.25, 0.3) is 0 Å². The van der Waals surface area contributed by atoms with E-state index in [0.717, 1.165) is 5.56 Å². The van der Waals surface area contributed by atoms with Gasteiger partial charge in [-0.05, 0) is 24.8 Å². The lowest BCUT2D eigenvalue weighted by molar-refractivity contribution is -0.140. The standard InChI is InChI=1S/C23H25FN4O5S/c24-11-19(29)16(10-21(30)31)27-22(32)18-8-4-5-9-28(18)23(33)17-12-25-13-20(26-17)34-14-15-6-2-1-3-7-15/h1-3,6-7,12-13,16,18H,4-5,8-11,14H2,(H,27,32)(H,30,31)/t16?,18-/m0/s1. The molecule has 1 aliphatic rings. The summed E-state index contributed by atoms with van der Waals surface area (Å²) in [5.41, 5.74) is 1.18. The zero-order valence-corrected chi connectivity index (χ0v) is 19.2. The molecule has 11 heteroatoms. The smallest absolute Gasteiger partial charge is 0.305 e. The summed E-state index contributed by atoms with van der Waals surface area (Å²) in [5, 5.41) is 11.8. The highest BCUT2D eigenvalue weighted by Crippen LogP contribution is 2.23. The van der Waals surface area contributed by atoms with Crippen LogP contribution in [0.3, 0.4) is 0 Å². The van der Waals surface area contributed by atoms with Crippen molar-refractivity contribution in [2.75, 3.05) is 13.2 Å². The lowest BCUT2D eigenvalue weighted by Crippen LogP contribution is -2.55. The molecule has 0 spiro atoms. The van der Waals surface area contributed by atoms with Crippen molar-refractivity contribution >= 4 is 35.3 Å². The van der Waals surface area contributed by atoms with Crippen LogP contribution in [0.4, 0.5) is 4.39 Å². The maximum atomic E-state index is 13.2. The first-order chi connectivity index (χ1) is 16.4. The van der Waals surface area contributed by atoms with Gasteiger partial charge in [-0.1, -0.05) is 30.3 Å². The molecule has 2 heterocycles. The quantitative estimate of drug-likeness (QED) is 0.487. The Morgan fingerprint density at radius 1 is 1.18 bits per heavy atom. The summed E-state index contributed by atoms with van der Waals surface area (Å²) in [7, 11) is 0. The highest BCUT2D eigenvalue weighted by molar-refractivity contribution is 7.98. The predicted molar refractivity (Wildman–Crippen MR) is 122 cm³/mol. The second-order valence-corrected chi connectivity index (χ2v) is 8.78. The number of carbonyl (C=O) groups is 4. The van der Waals surface area contributed by atoms with Crippen LogP contribution in [0.15, 0.2) is 47.8 Å². The Morgan fingerprint density at radius 3 is 2.65 bits per heavy atom. The zero-order chi connectivity index (χ0) is 24.5. The van der Waals surface area contributed by atoms with E-state index in [9.17, 15) is 23.6 Å².